The van der Waals surface area contributed by atoms with Gasteiger partial charge in [-0.15, -0.1) is 0 Å². The molecular weight excluding hydrogens is 348 g/mol. The number of aromatic nitrogens is 1. The lowest BCUT2D eigenvalue weighted by Crippen LogP contribution is -2.13. The number of fused-ring (bicyclic) bond motifs is 2. The van der Waals surface area contributed by atoms with Gasteiger partial charge in [-0.3, -0.25) is 4.79 Å². The summed E-state index contributed by atoms with van der Waals surface area (Å²) in [5.74, 6) is -0.424. The molecule has 27 heavy (non-hydrogen) atoms. The topological polar surface area (TPSA) is 116 Å². The molecule has 7 nitrogen and oxygen atoms in total. The van der Waals surface area contributed by atoms with Crippen molar-refractivity contribution in [1.82, 2.24) is 4.98 Å². The fourth-order valence-electron chi connectivity index (χ4n) is 3.02. The van der Waals surface area contributed by atoms with Crippen molar-refractivity contribution in [1.29, 1.82) is 0 Å². The van der Waals surface area contributed by atoms with Gasteiger partial charge in [0.15, 0.2) is 0 Å². The molecule has 2 aromatic carbocycles. The Bertz CT molecular complexity index is 1280. The largest absolute Gasteiger partial charge is 0.506 e. The summed E-state index contributed by atoms with van der Waals surface area (Å²) in [4.78, 5) is 28.8. The van der Waals surface area contributed by atoms with Crippen molar-refractivity contribution in [3.63, 3.8) is 0 Å². The van der Waals surface area contributed by atoms with Crippen molar-refractivity contribution in [3.8, 4) is 22.8 Å². The lowest BCUT2D eigenvalue weighted by Gasteiger charge is -2.10. The first-order chi connectivity index (χ1) is 13.0. The number of carbonyl (C=O) groups excluding carboxylic acids is 1. The van der Waals surface area contributed by atoms with Crippen LogP contribution >= 0.6 is 0 Å². The number of carbonyl (C=O) groups is 1. The number of rotatable bonds is 3. The SMILES string of the molecule is COc1ccc2nc(-c3c(O)c4ccccc4oc3=O)cc(C(N)=O)c2c1. The summed E-state index contributed by atoms with van der Waals surface area (Å²) in [5, 5.41) is 11.5. The van der Waals surface area contributed by atoms with Gasteiger partial charge in [0.2, 0.25) is 5.91 Å². The summed E-state index contributed by atoms with van der Waals surface area (Å²) in [5.41, 5.74) is 5.55. The van der Waals surface area contributed by atoms with Gasteiger partial charge >= 0.3 is 5.63 Å². The van der Waals surface area contributed by atoms with Crippen molar-refractivity contribution in [2.75, 3.05) is 7.11 Å². The lowest BCUT2D eigenvalue weighted by molar-refractivity contribution is 0.100. The molecule has 2 aromatic heterocycles. The Morgan fingerprint density at radius 2 is 1.93 bits per heavy atom. The summed E-state index contributed by atoms with van der Waals surface area (Å²) in [7, 11) is 1.51. The maximum absolute atomic E-state index is 12.5. The molecule has 4 rings (SSSR count). The summed E-state index contributed by atoms with van der Waals surface area (Å²) in [6.45, 7) is 0. The molecule has 7 heteroatoms. The molecule has 0 unspecified atom stereocenters. The molecule has 0 saturated heterocycles. The number of pyridine rings is 1. The summed E-state index contributed by atoms with van der Waals surface area (Å²) >= 11 is 0. The van der Waals surface area contributed by atoms with E-state index in [9.17, 15) is 14.7 Å². The number of hydrogen-bond acceptors (Lipinski definition) is 6. The smallest absolute Gasteiger partial charge is 0.349 e. The fraction of sp³-hybridized carbons (Fsp3) is 0.0500. The van der Waals surface area contributed by atoms with Gasteiger partial charge in [0.25, 0.3) is 0 Å². The van der Waals surface area contributed by atoms with Gasteiger partial charge < -0.3 is 20.0 Å². The van der Waals surface area contributed by atoms with E-state index in [2.05, 4.69) is 4.98 Å². The Hall–Kier alpha value is -3.87. The van der Waals surface area contributed by atoms with Crippen molar-refractivity contribution >= 4 is 27.8 Å². The Kier molecular flexibility index (Phi) is 3.77. The van der Waals surface area contributed by atoms with E-state index in [-0.39, 0.29) is 28.2 Å². The maximum atomic E-state index is 12.5. The second-order valence-electron chi connectivity index (χ2n) is 5.91. The first-order valence-corrected chi connectivity index (χ1v) is 8.03. The Balaban J connectivity index is 2.07. The van der Waals surface area contributed by atoms with Crippen molar-refractivity contribution in [2.24, 2.45) is 5.73 Å². The summed E-state index contributed by atoms with van der Waals surface area (Å²) in [6, 6.07) is 12.9. The van der Waals surface area contributed by atoms with Gasteiger partial charge in [-0.05, 0) is 36.4 Å². The van der Waals surface area contributed by atoms with Crippen LogP contribution in [-0.4, -0.2) is 23.1 Å². The zero-order chi connectivity index (χ0) is 19.1. The molecule has 4 aromatic rings. The predicted octanol–water partition coefficient (Wildman–Crippen LogP) is 2.82. The molecule has 3 N–H and O–H groups in total. The number of methoxy groups -OCH3 is 1. The molecule has 0 fully saturated rings. The van der Waals surface area contributed by atoms with Crippen molar-refractivity contribution < 1.29 is 19.1 Å². The molecule has 0 atom stereocenters. The maximum Gasteiger partial charge on any atom is 0.349 e. The Labute approximate surface area is 152 Å². The average molecular weight is 362 g/mol. The molecular formula is C20H14N2O5. The minimum Gasteiger partial charge on any atom is -0.506 e. The van der Waals surface area contributed by atoms with E-state index >= 15 is 0 Å². The number of primary amides is 1. The van der Waals surface area contributed by atoms with Gasteiger partial charge in [0.05, 0.1) is 29.3 Å². The van der Waals surface area contributed by atoms with Crippen LogP contribution in [0, 0.1) is 0 Å². The van der Waals surface area contributed by atoms with Crippen LogP contribution in [-0.2, 0) is 0 Å². The molecule has 0 aliphatic carbocycles. The van der Waals surface area contributed by atoms with E-state index in [1.807, 2.05) is 0 Å². The average Bonchev–Trinajstić information content (AvgIpc) is 2.66. The number of benzene rings is 2. The van der Waals surface area contributed by atoms with E-state index < -0.39 is 11.5 Å². The van der Waals surface area contributed by atoms with Crippen molar-refractivity contribution in [3.05, 3.63) is 64.5 Å². The number of amides is 1. The number of hydrogen-bond donors (Lipinski definition) is 2. The van der Waals surface area contributed by atoms with Gasteiger partial charge in [-0.1, -0.05) is 12.1 Å². The minimum atomic E-state index is -0.762. The van der Waals surface area contributed by atoms with E-state index in [0.717, 1.165) is 0 Å². The molecule has 0 aliphatic heterocycles. The molecule has 0 radical (unpaired) electrons. The molecule has 0 spiro atoms. The van der Waals surface area contributed by atoms with E-state index in [0.29, 0.717) is 22.0 Å². The monoisotopic (exact) mass is 362 g/mol. The second-order valence-corrected chi connectivity index (χ2v) is 5.91. The molecule has 0 aliphatic rings. The molecule has 2 heterocycles. The van der Waals surface area contributed by atoms with Gasteiger partial charge in [0, 0.05) is 5.39 Å². The highest BCUT2D eigenvalue weighted by Crippen LogP contribution is 2.34. The number of nitrogens with zero attached hydrogens (tertiary/aromatic N) is 1. The van der Waals surface area contributed by atoms with E-state index in [1.54, 1.807) is 42.5 Å². The van der Waals surface area contributed by atoms with E-state index in [1.165, 1.54) is 13.2 Å². The first-order valence-electron chi connectivity index (χ1n) is 8.03. The molecule has 1 amide bonds. The number of aromatic hydroxyl groups is 1. The van der Waals surface area contributed by atoms with Gasteiger partial charge in [-0.2, -0.15) is 0 Å². The van der Waals surface area contributed by atoms with Crippen molar-refractivity contribution in [2.45, 2.75) is 0 Å². The van der Waals surface area contributed by atoms with Crippen LogP contribution in [0.3, 0.4) is 0 Å². The zero-order valence-electron chi connectivity index (χ0n) is 14.2. The summed E-state index contributed by atoms with van der Waals surface area (Å²) in [6.07, 6.45) is 0. The zero-order valence-corrected chi connectivity index (χ0v) is 14.2. The normalized spacial score (nSPS) is 11.0. The van der Waals surface area contributed by atoms with Crippen LogP contribution in [0.1, 0.15) is 10.4 Å². The highest BCUT2D eigenvalue weighted by Gasteiger charge is 2.20. The molecule has 0 saturated carbocycles. The van der Waals surface area contributed by atoms with Crippen LogP contribution in [0.15, 0.2) is 57.7 Å². The highest BCUT2D eigenvalue weighted by molar-refractivity contribution is 6.07. The highest BCUT2D eigenvalue weighted by atomic mass is 16.5. The third-order valence-corrected chi connectivity index (χ3v) is 4.32. The molecule has 0 bridgehead atoms. The number of para-hydroxylation sites is 1. The van der Waals surface area contributed by atoms with E-state index in [4.69, 9.17) is 14.9 Å². The van der Waals surface area contributed by atoms with Gasteiger partial charge in [0.1, 0.15) is 22.6 Å². The first kappa shape index (κ1) is 16.6. The lowest BCUT2D eigenvalue weighted by atomic mass is 10.0. The van der Waals surface area contributed by atoms with Crippen LogP contribution in [0.25, 0.3) is 33.1 Å². The predicted molar refractivity (Wildman–Crippen MR) is 100.0 cm³/mol. The number of ether oxygens (including phenoxy) is 1. The second kappa shape index (κ2) is 6.14. The van der Waals surface area contributed by atoms with Gasteiger partial charge in [-0.25, -0.2) is 9.78 Å². The third kappa shape index (κ3) is 2.65. The fourth-order valence-corrected chi connectivity index (χ4v) is 3.02. The Morgan fingerprint density at radius 3 is 2.67 bits per heavy atom. The standard InChI is InChI=1S/C20H14N2O5/c1-26-10-6-7-14-12(8-10)13(19(21)24)9-15(22-14)17-18(23)11-4-2-3-5-16(11)27-20(17)25/h2-9,23H,1H3,(H2,21,24). The quantitative estimate of drug-likeness (QED) is 0.542. The Morgan fingerprint density at radius 1 is 1.15 bits per heavy atom. The molecule has 134 valence electrons. The third-order valence-electron chi connectivity index (χ3n) is 4.32. The van der Waals surface area contributed by atoms with Crippen LogP contribution in [0.4, 0.5) is 0 Å². The van der Waals surface area contributed by atoms with Crippen LogP contribution < -0.4 is 16.1 Å². The number of nitrogens with two attached hydrogens (primary N) is 1. The van der Waals surface area contributed by atoms with Crippen LogP contribution in [0.2, 0.25) is 0 Å². The summed E-state index contributed by atoms with van der Waals surface area (Å²) < 4.78 is 10.5. The minimum absolute atomic E-state index is 0.0958. The van der Waals surface area contributed by atoms with Crippen LogP contribution in [0.5, 0.6) is 11.5 Å².